The Balaban J connectivity index is 1.45. The SMILES string of the molecule is O=C(NC(=S)Nc1cc(Cl)ccc1N1CCOCC1)c1ccc2c(c1)OCCO2. The molecule has 0 unspecified atom stereocenters. The van der Waals surface area contributed by atoms with Gasteiger partial charge in [-0.1, -0.05) is 11.6 Å². The van der Waals surface area contributed by atoms with Gasteiger partial charge in [-0.15, -0.1) is 0 Å². The second-order valence-corrected chi connectivity index (χ2v) is 7.37. The molecule has 2 N–H and O–H groups in total. The predicted molar refractivity (Wildman–Crippen MR) is 116 cm³/mol. The Labute approximate surface area is 178 Å². The number of fused-ring (bicyclic) bond motifs is 1. The van der Waals surface area contributed by atoms with Crippen LogP contribution in [-0.2, 0) is 4.74 Å². The third kappa shape index (κ3) is 4.72. The van der Waals surface area contributed by atoms with Gasteiger partial charge >= 0.3 is 0 Å². The molecular weight excluding hydrogens is 414 g/mol. The normalized spacial score (nSPS) is 15.6. The molecular formula is C20H20ClN3O4S. The van der Waals surface area contributed by atoms with E-state index < -0.39 is 0 Å². The van der Waals surface area contributed by atoms with Gasteiger partial charge in [-0.05, 0) is 48.6 Å². The number of rotatable bonds is 3. The zero-order valence-corrected chi connectivity index (χ0v) is 17.1. The molecule has 4 rings (SSSR count). The van der Waals surface area contributed by atoms with E-state index in [-0.39, 0.29) is 11.0 Å². The first-order valence-electron chi connectivity index (χ1n) is 9.24. The Kier molecular flexibility index (Phi) is 6.03. The lowest BCUT2D eigenvalue weighted by atomic mass is 10.2. The van der Waals surface area contributed by atoms with Gasteiger partial charge in [-0.2, -0.15) is 0 Å². The van der Waals surface area contributed by atoms with Crippen molar-refractivity contribution in [1.82, 2.24) is 5.32 Å². The van der Waals surface area contributed by atoms with Gasteiger partial charge in [-0.3, -0.25) is 10.1 Å². The number of halogens is 1. The zero-order chi connectivity index (χ0) is 20.2. The lowest BCUT2D eigenvalue weighted by Gasteiger charge is -2.30. The number of ether oxygens (including phenoxy) is 3. The Hall–Kier alpha value is -2.55. The number of carbonyl (C=O) groups is 1. The average Bonchev–Trinajstić information content (AvgIpc) is 2.74. The molecule has 7 nitrogen and oxygen atoms in total. The van der Waals surface area contributed by atoms with Gasteiger partial charge < -0.3 is 24.4 Å². The molecule has 0 radical (unpaired) electrons. The third-order valence-electron chi connectivity index (χ3n) is 4.59. The van der Waals surface area contributed by atoms with Crippen LogP contribution >= 0.6 is 23.8 Å². The highest BCUT2D eigenvalue weighted by atomic mass is 35.5. The van der Waals surface area contributed by atoms with E-state index in [0.29, 0.717) is 48.5 Å². The number of benzene rings is 2. The predicted octanol–water partition coefficient (Wildman–Crippen LogP) is 3.07. The molecule has 1 amide bonds. The fraction of sp³-hybridized carbons (Fsp3) is 0.300. The van der Waals surface area contributed by atoms with E-state index in [9.17, 15) is 4.79 Å². The molecule has 2 heterocycles. The second kappa shape index (κ2) is 8.86. The second-order valence-electron chi connectivity index (χ2n) is 6.53. The molecule has 9 heteroatoms. The summed E-state index contributed by atoms with van der Waals surface area (Å²) >= 11 is 11.5. The number of anilines is 2. The maximum absolute atomic E-state index is 12.6. The quantitative estimate of drug-likeness (QED) is 0.721. The van der Waals surface area contributed by atoms with Gasteiger partial charge in [0, 0.05) is 23.7 Å². The van der Waals surface area contributed by atoms with Gasteiger partial charge in [0.15, 0.2) is 16.6 Å². The fourth-order valence-electron chi connectivity index (χ4n) is 3.20. The van der Waals surface area contributed by atoms with Crippen LogP contribution in [0.4, 0.5) is 11.4 Å². The van der Waals surface area contributed by atoms with Crippen LogP contribution in [0, 0.1) is 0 Å². The van der Waals surface area contributed by atoms with E-state index in [2.05, 4.69) is 15.5 Å². The van der Waals surface area contributed by atoms with Crippen LogP contribution in [0.15, 0.2) is 36.4 Å². The minimum atomic E-state index is -0.338. The van der Waals surface area contributed by atoms with Crippen molar-refractivity contribution >= 4 is 46.2 Å². The van der Waals surface area contributed by atoms with Crippen molar-refractivity contribution < 1.29 is 19.0 Å². The molecule has 2 aliphatic heterocycles. The summed E-state index contributed by atoms with van der Waals surface area (Å²) in [6, 6.07) is 10.6. The molecule has 0 spiro atoms. The Bertz CT molecular complexity index is 934. The monoisotopic (exact) mass is 433 g/mol. The van der Waals surface area contributed by atoms with Crippen LogP contribution < -0.4 is 25.0 Å². The molecule has 0 bridgehead atoms. The molecule has 29 heavy (non-hydrogen) atoms. The van der Waals surface area contributed by atoms with Crippen LogP contribution in [0.1, 0.15) is 10.4 Å². The van der Waals surface area contributed by atoms with Crippen molar-refractivity contribution in [1.29, 1.82) is 0 Å². The largest absolute Gasteiger partial charge is 0.486 e. The van der Waals surface area contributed by atoms with Crippen molar-refractivity contribution in [2.75, 3.05) is 49.7 Å². The van der Waals surface area contributed by atoms with Crippen molar-refractivity contribution in [3.63, 3.8) is 0 Å². The number of hydrogen-bond donors (Lipinski definition) is 2. The van der Waals surface area contributed by atoms with Crippen LogP contribution in [-0.4, -0.2) is 50.5 Å². The van der Waals surface area contributed by atoms with E-state index in [4.69, 9.17) is 38.0 Å². The standard InChI is InChI=1S/C20H20ClN3O4S/c21-14-2-3-16(24-5-7-26-8-6-24)15(12-14)22-20(29)23-19(25)13-1-4-17-18(11-13)28-10-9-27-17/h1-4,11-12H,5-10H2,(H2,22,23,25,29). The number of thiocarbonyl (C=S) groups is 1. The molecule has 152 valence electrons. The lowest BCUT2D eigenvalue weighted by molar-refractivity contribution is 0.0976. The first-order valence-corrected chi connectivity index (χ1v) is 10.0. The first kappa shape index (κ1) is 19.8. The van der Waals surface area contributed by atoms with Crippen molar-refractivity contribution in [2.24, 2.45) is 0 Å². The fourth-order valence-corrected chi connectivity index (χ4v) is 3.58. The smallest absolute Gasteiger partial charge is 0.257 e. The van der Waals surface area contributed by atoms with Crippen molar-refractivity contribution in [2.45, 2.75) is 0 Å². The highest BCUT2D eigenvalue weighted by Crippen LogP contribution is 2.31. The maximum Gasteiger partial charge on any atom is 0.257 e. The van der Waals surface area contributed by atoms with Crippen LogP contribution in [0.2, 0.25) is 5.02 Å². The Morgan fingerprint density at radius 3 is 2.55 bits per heavy atom. The van der Waals surface area contributed by atoms with E-state index >= 15 is 0 Å². The lowest BCUT2D eigenvalue weighted by Crippen LogP contribution is -2.38. The van der Waals surface area contributed by atoms with E-state index in [1.54, 1.807) is 24.3 Å². The Morgan fingerprint density at radius 1 is 1.00 bits per heavy atom. The molecule has 2 aromatic rings. The van der Waals surface area contributed by atoms with Gasteiger partial charge in [0.25, 0.3) is 5.91 Å². The molecule has 2 aromatic carbocycles. The molecule has 0 atom stereocenters. The molecule has 2 aliphatic rings. The summed E-state index contributed by atoms with van der Waals surface area (Å²) in [7, 11) is 0. The Morgan fingerprint density at radius 2 is 1.76 bits per heavy atom. The van der Waals surface area contributed by atoms with Crippen LogP contribution in [0.5, 0.6) is 11.5 Å². The van der Waals surface area contributed by atoms with Gasteiger partial charge in [0.05, 0.1) is 24.6 Å². The number of hydrogen-bond acceptors (Lipinski definition) is 6. The van der Waals surface area contributed by atoms with E-state index in [1.165, 1.54) is 0 Å². The van der Waals surface area contributed by atoms with Gasteiger partial charge in [-0.25, -0.2) is 0 Å². The van der Waals surface area contributed by atoms with E-state index in [0.717, 1.165) is 24.5 Å². The summed E-state index contributed by atoms with van der Waals surface area (Å²) in [6.45, 7) is 3.81. The number of amides is 1. The maximum atomic E-state index is 12.6. The average molecular weight is 434 g/mol. The summed E-state index contributed by atoms with van der Waals surface area (Å²) in [5.74, 6) is 0.837. The minimum Gasteiger partial charge on any atom is -0.486 e. The summed E-state index contributed by atoms with van der Waals surface area (Å²) < 4.78 is 16.4. The van der Waals surface area contributed by atoms with Crippen molar-refractivity contribution in [3.05, 3.63) is 47.0 Å². The molecule has 0 aliphatic carbocycles. The minimum absolute atomic E-state index is 0.182. The van der Waals surface area contributed by atoms with Gasteiger partial charge in [0.1, 0.15) is 13.2 Å². The summed E-state index contributed by atoms with van der Waals surface area (Å²) in [4.78, 5) is 14.8. The topological polar surface area (TPSA) is 72.1 Å². The molecule has 1 fully saturated rings. The molecule has 1 saturated heterocycles. The van der Waals surface area contributed by atoms with Crippen molar-refractivity contribution in [3.8, 4) is 11.5 Å². The molecule has 0 saturated carbocycles. The number of morpholine rings is 1. The highest BCUT2D eigenvalue weighted by Gasteiger charge is 2.18. The van der Waals surface area contributed by atoms with Crippen LogP contribution in [0.3, 0.4) is 0 Å². The summed E-state index contributed by atoms with van der Waals surface area (Å²) in [5, 5.41) is 6.54. The first-order chi connectivity index (χ1) is 14.1. The summed E-state index contributed by atoms with van der Waals surface area (Å²) in [5.41, 5.74) is 2.11. The van der Waals surface area contributed by atoms with Crippen LogP contribution in [0.25, 0.3) is 0 Å². The number of nitrogens with one attached hydrogen (secondary N) is 2. The van der Waals surface area contributed by atoms with Gasteiger partial charge in [0.2, 0.25) is 0 Å². The zero-order valence-electron chi connectivity index (χ0n) is 15.6. The van der Waals surface area contributed by atoms with E-state index in [1.807, 2.05) is 12.1 Å². The third-order valence-corrected chi connectivity index (χ3v) is 5.03. The summed E-state index contributed by atoms with van der Waals surface area (Å²) in [6.07, 6.45) is 0. The molecule has 0 aromatic heterocycles. The number of carbonyl (C=O) groups excluding carboxylic acids is 1. The highest BCUT2D eigenvalue weighted by molar-refractivity contribution is 7.80. The number of nitrogens with zero attached hydrogens (tertiary/aromatic N) is 1.